The first-order valence-electron chi connectivity index (χ1n) is 11.1. The topological polar surface area (TPSA) is 95.0 Å². The molecule has 0 radical (unpaired) electrons. The molecule has 8 heteroatoms. The zero-order chi connectivity index (χ0) is 24.5. The Balaban J connectivity index is 2.03. The van der Waals surface area contributed by atoms with Crippen molar-refractivity contribution in [2.75, 3.05) is 6.61 Å². The molecule has 0 saturated carbocycles. The minimum atomic E-state index is -0.772. The third-order valence-corrected chi connectivity index (χ3v) is 4.96. The van der Waals surface area contributed by atoms with Crippen molar-refractivity contribution in [2.24, 2.45) is 11.8 Å². The summed E-state index contributed by atoms with van der Waals surface area (Å²) in [6.07, 6.45) is 0.631. The van der Waals surface area contributed by atoms with Gasteiger partial charge in [-0.2, -0.15) is 0 Å². The lowest BCUT2D eigenvalue weighted by Gasteiger charge is -2.27. The van der Waals surface area contributed by atoms with Gasteiger partial charge in [0.15, 0.2) is 23.0 Å². The van der Waals surface area contributed by atoms with E-state index in [9.17, 15) is 19.1 Å². The molecule has 1 heterocycles. The Bertz CT molecular complexity index is 948. The van der Waals surface area contributed by atoms with E-state index in [2.05, 4.69) is 4.98 Å². The van der Waals surface area contributed by atoms with Gasteiger partial charge in [0.25, 0.3) is 0 Å². The molecule has 33 heavy (non-hydrogen) atoms. The number of ether oxygens (including phenoxy) is 3. The van der Waals surface area contributed by atoms with Crippen molar-refractivity contribution in [1.29, 1.82) is 0 Å². The fourth-order valence-corrected chi connectivity index (χ4v) is 3.26. The first kappa shape index (κ1) is 26.1. The van der Waals surface area contributed by atoms with Crippen LogP contribution in [0.5, 0.6) is 17.2 Å². The van der Waals surface area contributed by atoms with Crippen molar-refractivity contribution in [1.82, 2.24) is 4.98 Å². The molecule has 0 bridgehead atoms. The van der Waals surface area contributed by atoms with Gasteiger partial charge in [-0.15, -0.1) is 0 Å². The second-order valence-corrected chi connectivity index (χ2v) is 8.35. The highest BCUT2D eigenvalue weighted by atomic mass is 19.1. The van der Waals surface area contributed by atoms with Crippen LogP contribution in [0.4, 0.5) is 4.39 Å². The fourth-order valence-electron chi connectivity index (χ4n) is 3.26. The van der Waals surface area contributed by atoms with E-state index in [1.54, 1.807) is 32.9 Å². The molecule has 180 valence electrons. The van der Waals surface area contributed by atoms with Crippen LogP contribution in [-0.2, 0) is 9.53 Å². The average Bonchev–Trinajstić information content (AvgIpc) is 2.74. The number of carbonyl (C=O) groups excluding carboxylic acids is 2. The number of ketones is 1. The molecular weight excluding hydrogens is 429 g/mol. The SMILES string of the molecule is CCOc1ccnc(C(=O)C[C@@H](C)C(=O)O[C@@H](C)[C@@H](CC(C)C)Oc2cccc(F)c2)c1O. The fraction of sp³-hybridized carbons (Fsp3) is 0.480. The van der Waals surface area contributed by atoms with Crippen molar-refractivity contribution in [3.8, 4) is 17.2 Å². The zero-order valence-corrected chi connectivity index (χ0v) is 19.7. The van der Waals surface area contributed by atoms with Crippen molar-refractivity contribution in [2.45, 2.75) is 59.7 Å². The van der Waals surface area contributed by atoms with Gasteiger partial charge in [0.05, 0.1) is 12.5 Å². The summed E-state index contributed by atoms with van der Waals surface area (Å²) in [5, 5.41) is 10.2. The molecule has 2 aromatic rings. The Morgan fingerprint density at radius 1 is 1.15 bits per heavy atom. The summed E-state index contributed by atoms with van der Waals surface area (Å²) in [6, 6.07) is 7.25. The second kappa shape index (κ2) is 12.2. The third-order valence-electron chi connectivity index (χ3n) is 4.96. The first-order valence-corrected chi connectivity index (χ1v) is 11.1. The lowest BCUT2D eigenvalue weighted by Crippen LogP contribution is -2.36. The normalized spacial score (nSPS) is 13.8. The zero-order valence-electron chi connectivity index (χ0n) is 19.7. The Kier molecular flexibility index (Phi) is 9.63. The highest BCUT2D eigenvalue weighted by Crippen LogP contribution is 2.29. The summed E-state index contributed by atoms with van der Waals surface area (Å²) in [6.45, 7) is 9.37. The number of esters is 1. The van der Waals surface area contributed by atoms with Gasteiger partial charge in [-0.05, 0) is 38.3 Å². The minimum Gasteiger partial charge on any atom is -0.503 e. The van der Waals surface area contributed by atoms with Crippen LogP contribution in [0, 0.1) is 17.7 Å². The number of aromatic nitrogens is 1. The Morgan fingerprint density at radius 3 is 2.52 bits per heavy atom. The Hall–Kier alpha value is -3.16. The molecule has 0 amide bonds. The van der Waals surface area contributed by atoms with E-state index >= 15 is 0 Å². The number of hydrogen-bond acceptors (Lipinski definition) is 7. The highest BCUT2D eigenvalue weighted by Gasteiger charge is 2.28. The predicted octanol–water partition coefficient (Wildman–Crippen LogP) is 4.96. The van der Waals surface area contributed by atoms with Crippen LogP contribution in [-0.4, -0.2) is 40.7 Å². The van der Waals surface area contributed by atoms with Crippen molar-refractivity contribution >= 4 is 11.8 Å². The molecule has 0 saturated heterocycles. The first-order chi connectivity index (χ1) is 15.6. The van der Waals surface area contributed by atoms with Crippen LogP contribution in [0.15, 0.2) is 36.5 Å². The smallest absolute Gasteiger partial charge is 0.309 e. The molecule has 1 aromatic carbocycles. The molecule has 0 spiro atoms. The van der Waals surface area contributed by atoms with Gasteiger partial charge in [0.2, 0.25) is 0 Å². The minimum absolute atomic E-state index is 0.152. The van der Waals surface area contributed by atoms with Gasteiger partial charge in [0, 0.05) is 24.8 Å². The molecular formula is C25H32FNO6. The molecule has 1 aromatic heterocycles. The number of Topliss-reactive ketones (excluding diaryl/α,β-unsaturated/α-hetero) is 1. The third kappa shape index (κ3) is 7.73. The highest BCUT2D eigenvalue weighted by molar-refractivity contribution is 5.99. The summed E-state index contributed by atoms with van der Waals surface area (Å²) in [4.78, 5) is 29.2. The maximum atomic E-state index is 13.5. The molecule has 0 unspecified atom stereocenters. The van der Waals surface area contributed by atoms with Gasteiger partial charge >= 0.3 is 5.97 Å². The number of hydrogen-bond donors (Lipinski definition) is 1. The molecule has 1 N–H and O–H groups in total. The summed E-state index contributed by atoms with van der Waals surface area (Å²) in [7, 11) is 0. The Labute approximate surface area is 193 Å². The number of halogens is 1. The molecule has 2 rings (SSSR count). The monoisotopic (exact) mass is 461 g/mol. The summed E-state index contributed by atoms with van der Waals surface area (Å²) < 4.78 is 30.3. The molecule has 0 aliphatic rings. The number of pyridine rings is 1. The van der Waals surface area contributed by atoms with Gasteiger partial charge < -0.3 is 19.3 Å². The summed E-state index contributed by atoms with van der Waals surface area (Å²) in [5.74, 6) is -1.86. The van der Waals surface area contributed by atoms with Gasteiger partial charge in [-0.25, -0.2) is 9.37 Å². The van der Waals surface area contributed by atoms with Crippen LogP contribution in [0.1, 0.15) is 57.9 Å². The molecule has 7 nitrogen and oxygen atoms in total. The Morgan fingerprint density at radius 2 is 1.88 bits per heavy atom. The van der Waals surface area contributed by atoms with Crippen LogP contribution >= 0.6 is 0 Å². The van der Waals surface area contributed by atoms with E-state index in [0.717, 1.165) is 0 Å². The number of rotatable bonds is 12. The number of carbonyl (C=O) groups is 2. The van der Waals surface area contributed by atoms with E-state index in [-0.39, 0.29) is 29.5 Å². The molecule has 0 aliphatic heterocycles. The number of nitrogens with zero attached hydrogens (tertiary/aromatic N) is 1. The molecule has 3 atom stereocenters. The van der Waals surface area contributed by atoms with Crippen LogP contribution < -0.4 is 9.47 Å². The quantitative estimate of drug-likeness (QED) is 0.353. The largest absolute Gasteiger partial charge is 0.503 e. The van der Waals surface area contributed by atoms with E-state index in [1.165, 1.54) is 24.4 Å². The van der Waals surface area contributed by atoms with Gasteiger partial charge in [-0.3, -0.25) is 9.59 Å². The number of benzene rings is 1. The van der Waals surface area contributed by atoms with Crippen molar-refractivity contribution in [3.63, 3.8) is 0 Å². The van der Waals surface area contributed by atoms with E-state index in [4.69, 9.17) is 14.2 Å². The van der Waals surface area contributed by atoms with Gasteiger partial charge in [-0.1, -0.05) is 26.8 Å². The molecule has 0 aliphatic carbocycles. The van der Waals surface area contributed by atoms with Crippen LogP contribution in [0.25, 0.3) is 0 Å². The number of aromatic hydroxyl groups is 1. The van der Waals surface area contributed by atoms with Crippen LogP contribution in [0.2, 0.25) is 0 Å². The maximum Gasteiger partial charge on any atom is 0.309 e. The lowest BCUT2D eigenvalue weighted by atomic mass is 10.0. The maximum absolute atomic E-state index is 13.5. The summed E-state index contributed by atoms with van der Waals surface area (Å²) >= 11 is 0. The summed E-state index contributed by atoms with van der Waals surface area (Å²) in [5.41, 5.74) is -0.152. The molecule has 0 fully saturated rings. The van der Waals surface area contributed by atoms with E-state index in [0.29, 0.717) is 18.8 Å². The van der Waals surface area contributed by atoms with Crippen molar-refractivity contribution in [3.05, 3.63) is 48.0 Å². The van der Waals surface area contributed by atoms with E-state index < -0.39 is 35.7 Å². The average molecular weight is 462 g/mol. The standard InChI is InChI=1S/C25H32FNO6/c1-6-31-21-10-11-27-23(24(21)29)20(28)13-16(4)25(30)32-17(5)22(12-15(2)3)33-19-9-7-8-18(26)14-19/h7-11,14-17,22,29H,6,12-13H2,1-5H3/t16-,17+,22-/m1/s1. The predicted molar refractivity (Wildman–Crippen MR) is 121 cm³/mol. The van der Waals surface area contributed by atoms with Crippen LogP contribution in [0.3, 0.4) is 0 Å². The second-order valence-electron chi connectivity index (χ2n) is 8.35. The lowest BCUT2D eigenvalue weighted by molar-refractivity contribution is -0.157. The van der Waals surface area contributed by atoms with E-state index in [1.807, 2.05) is 13.8 Å². The van der Waals surface area contributed by atoms with Crippen molar-refractivity contribution < 1.29 is 33.3 Å². The van der Waals surface area contributed by atoms with Gasteiger partial charge in [0.1, 0.15) is 23.8 Å².